The predicted octanol–water partition coefficient (Wildman–Crippen LogP) is 2.99. The maximum Gasteiger partial charge on any atom is 0.119 e. The summed E-state index contributed by atoms with van der Waals surface area (Å²) in [5.74, 6) is 1.60. The molecule has 2 atom stereocenters. The molecule has 0 bridgehead atoms. The van der Waals surface area contributed by atoms with Crippen molar-refractivity contribution in [2.45, 2.75) is 45.9 Å². The summed E-state index contributed by atoms with van der Waals surface area (Å²) >= 11 is 0. The molecule has 0 amide bonds. The lowest BCUT2D eigenvalue weighted by Gasteiger charge is -2.19. The normalized spacial score (nSPS) is 20.7. The Morgan fingerprint density at radius 2 is 2.00 bits per heavy atom. The molecule has 1 heterocycles. The van der Waals surface area contributed by atoms with E-state index in [0.29, 0.717) is 12.0 Å². The summed E-state index contributed by atoms with van der Waals surface area (Å²) < 4.78 is 11.1. The van der Waals surface area contributed by atoms with E-state index in [2.05, 4.69) is 24.4 Å². The summed E-state index contributed by atoms with van der Waals surface area (Å²) in [7, 11) is 0. The molecule has 1 saturated heterocycles. The van der Waals surface area contributed by atoms with E-state index in [4.69, 9.17) is 9.47 Å². The van der Waals surface area contributed by atoms with E-state index < -0.39 is 0 Å². The molecule has 1 N–H and O–H groups in total. The molecular weight excluding hydrogens is 238 g/mol. The Morgan fingerprint density at radius 1 is 1.26 bits per heavy atom. The van der Waals surface area contributed by atoms with Crippen LogP contribution in [0.25, 0.3) is 0 Å². The van der Waals surface area contributed by atoms with E-state index in [0.717, 1.165) is 25.5 Å². The largest absolute Gasteiger partial charge is 0.491 e. The van der Waals surface area contributed by atoms with Crippen LogP contribution < -0.4 is 10.1 Å². The van der Waals surface area contributed by atoms with Crippen molar-refractivity contribution in [3.63, 3.8) is 0 Å². The van der Waals surface area contributed by atoms with Gasteiger partial charge in [0.05, 0.1) is 12.7 Å². The zero-order chi connectivity index (χ0) is 13.7. The highest BCUT2D eigenvalue weighted by molar-refractivity contribution is 5.27. The molecule has 2 rings (SSSR count). The first kappa shape index (κ1) is 14.4. The van der Waals surface area contributed by atoms with Crippen LogP contribution in [0.5, 0.6) is 5.75 Å². The van der Waals surface area contributed by atoms with Crippen molar-refractivity contribution in [2.75, 3.05) is 13.2 Å². The molecule has 1 aliphatic heterocycles. The Kier molecular flexibility index (Phi) is 5.23. The van der Waals surface area contributed by atoms with Gasteiger partial charge in [0, 0.05) is 19.2 Å². The second-order valence-electron chi connectivity index (χ2n) is 5.60. The first-order valence-corrected chi connectivity index (χ1v) is 7.22. The lowest BCUT2D eigenvalue weighted by Crippen LogP contribution is -2.33. The maximum atomic E-state index is 5.64. The molecule has 3 nitrogen and oxygen atoms in total. The minimum atomic E-state index is 0.228. The van der Waals surface area contributed by atoms with Crippen LogP contribution in [0, 0.1) is 5.92 Å². The predicted molar refractivity (Wildman–Crippen MR) is 77.4 cm³/mol. The van der Waals surface area contributed by atoms with Crippen LogP contribution in [0.4, 0.5) is 0 Å². The smallest absolute Gasteiger partial charge is 0.119 e. The molecule has 106 valence electrons. The molecule has 0 radical (unpaired) electrons. The summed E-state index contributed by atoms with van der Waals surface area (Å²) in [5.41, 5.74) is 1.29. The zero-order valence-electron chi connectivity index (χ0n) is 12.2. The highest BCUT2D eigenvalue weighted by Gasteiger charge is 2.21. The van der Waals surface area contributed by atoms with Crippen molar-refractivity contribution < 1.29 is 9.47 Å². The third-order valence-electron chi connectivity index (χ3n) is 3.60. The summed E-state index contributed by atoms with van der Waals surface area (Å²) in [6, 6.07) is 8.85. The number of hydrogen-bond acceptors (Lipinski definition) is 3. The number of benzene rings is 1. The quantitative estimate of drug-likeness (QED) is 0.856. The van der Waals surface area contributed by atoms with E-state index in [9.17, 15) is 0 Å². The molecule has 0 saturated carbocycles. The second-order valence-corrected chi connectivity index (χ2v) is 5.60. The molecule has 1 fully saturated rings. The van der Waals surface area contributed by atoms with Crippen LogP contribution >= 0.6 is 0 Å². The molecule has 0 aliphatic carbocycles. The van der Waals surface area contributed by atoms with Gasteiger partial charge in [-0.25, -0.2) is 0 Å². The van der Waals surface area contributed by atoms with Crippen molar-refractivity contribution in [3.05, 3.63) is 29.8 Å². The monoisotopic (exact) mass is 263 g/mol. The van der Waals surface area contributed by atoms with Gasteiger partial charge < -0.3 is 14.8 Å². The molecule has 0 spiro atoms. The molecular formula is C16H25NO2. The Bertz CT molecular complexity index is 369. The van der Waals surface area contributed by atoms with Crippen LogP contribution in [0.1, 0.15) is 32.8 Å². The summed E-state index contributed by atoms with van der Waals surface area (Å²) in [6.45, 7) is 9.05. The molecule has 19 heavy (non-hydrogen) atoms. The minimum absolute atomic E-state index is 0.228. The third kappa shape index (κ3) is 4.51. The molecule has 1 aromatic carbocycles. The van der Waals surface area contributed by atoms with Gasteiger partial charge in [0.15, 0.2) is 0 Å². The van der Waals surface area contributed by atoms with Gasteiger partial charge in [-0.05, 0) is 50.8 Å². The van der Waals surface area contributed by atoms with Gasteiger partial charge in [-0.15, -0.1) is 0 Å². The fourth-order valence-corrected chi connectivity index (χ4v) is 2.35. The summed E-state index contributed by atoms with van der Waals surface area (Å²) in [4.78, 5) is 0. The van der Waals surface area contributed by atoms with Gasteiger partial charge in [-0.1, -0.05) is 12.1 Å². The Morgan fingerprint density at radius 3 is 2.58 bits per heavy atom. The van der Waals surface area contributed by atoms with Gasteiger partial charge in [0.2, 0.25) is 0 Å². The van der Waals surface area contributed by atoms with Crippen molar-refractivity contribution in [3.8, 4) is 5.75 Å². The van der Waals surface area contributed by atoms with Gasteiger partial charge in [0.1, 0.15) is 5.75 Å². The fraction of sp³-hybridized carbons (Fsp3) is 0.625. The van der Waals surface area contributed by atoms with Gasteiger partial charge >= 0.3 is 0 Å². The Labute approximate surface area is 116 Å². The standard InChI is InChI=1S/C16H25NO2/c1-12(2)19-16-6-4-14(5-7-16)10-17-13(3)15-8-9-18-11-15/h4-7,12-13,15,17H,8-11H2,1-3H3. The van der Waals surface area contributed by atoms with E-state index in [1.165, 1.54) is 12.0 Å². The number of ether oxygens (including phenoxy) is 2. The first-order valence-electron chi connectivity index (χ1n) is 7.22. The lowest BCUT2D eigenvalue weighted by atomic mass is 10.0. The molecule has 3 heteroatoms. The van der Waals surface area contributed by atoms with Crippen LogP contribution in [-0.4, -0.2) is 25.4 Å². The molecule has 0 aromatic heterocycles. The van der Waals surface area contributed by atoms with E-state index in [1.54, 1.807) is 0 Å². The Hall–Kier alpha value is -1.06. The second kappa shape index (κ2) is 6.92. The Balaban J connectivity index is 1.79. The van der Waals surface area contributed by atoms with E-state index in [-0.39, 0.29) is 6.10 Å². The summed E-state index contributed by atoms with van der Waals surface area (Å²) in [6.07, 6.45) is 1.40. The van der Waals surface area contributed by atoms with Crippen LogP contribution in [0.2, 0.25) is 0 Å². The van der Waals surface area contributed by atoms with Crippen molar-refractivity contribution in [2.24, 2.45) is 5.92 Å². The average molecular weight is 263 g/mol. The number of hydrogen-bond donors (Lipinski definition) is 1. The van der Waals surface area contributed by atoms with Gasteiger partial charge in [-0.2, -0.15) is 0 Å². The third-order valence-corrected chi connectivity index (χ3v) is 3.60. The number of rotatable bonds is 6. The average Bonchev–Trinajstić information content (AvgIpc) is 2.91. The van der Waals surface area contributed by atoms with Crippen molar-refractivity contribution in [1.82, 2.24) is 5.32 Å². The van der Waals surface area contributed by atoms with Crippen molar-refractivity contribution in [1.29, 1.82) is 0 Å². The molecule has 1 aliphatic rings. The van der Waals surface area contributed by atoms with Gasteiger partial charge in [0.25, 0.3) is 0 Å². The van der Waals surface area contributed by atoms with E-state index in [1.807, 2.05) is 26.0 Å². The SMILES string of the molecule is CC(C)Oc1ccc(CNC(C)C2CCOC2)cc1. The van der Waals surface area contributed by atoms with Crippen LogP contribution in [-0.2, 0) is 11.3 Å². The fourth-order valence-electron chi connectivity index (χ4n) is 2.35. The van der Waals surface area contributed by atoms with E-state index >= 15 is 0 Å². The number of nitrogens with one attached hydrogen (secondary N) is 1. The zero-order valence-corrected chi connectivity index (χ0v) is 12.2. The summed E-state index contributed by atoms with van der Waals surface area (Å²) in [5, 5.41) is 3.58. The van der Waals surface area contributed by atoms with Gasteiger partial charge in [-0.3, -0.25) is 0 Å². The van der Waals surface area contributed by atoms with Crippen LogP contribution in [0.15, 0.2) is 24.3 Å². The molecule has 2 unspecified atom stereocenters. The minimum Gasteiger partial charge on any atom is -0.491 e. The van der Waals surface area contributed by atoms with Crippen molar-refractivity contribution >= 4 is 0 Å². The van der Waals surface area contributed by atoms with Crippen LogP contribution in [0.3, 0.4) is 0 Å². The maximum absolute atomic E-state index is 5.64. The molecule has 1 aromatic rings. The highest BCUT2D eigenvalue weighted by Crippen LogP contribution is 2.17. The lowest BCUT2D eigenvalue weighted by molar-refractivity contribution is 0.178. The highest BCUT2D eigenvalue weighted by atomic mass is 16.5. The topological polar surface area (TPSA) is 30.5 Å². The first-order chi connectivity index (χ1) is 9.15.